The lowest BCUT2D eigenvalue weighted by Gasteiger charge is -2.16. The molecule has 0 fully saturated rings. The summed E-state index contributed by atoms with van der Waals surface area (Å²) in [7, 11) is -3.52. The third kappa shape index (κ3) is 7.86. The number of phosphoric acid groups is 1. The minimum Gasteiger partial charge on any atom is -0.465 e. The van der Waals surface area contributed by atoms with E-state index in [0.717, 1.165) is 5.56 Å². The fraction of sp³-hybridized carbons (Fsp3) is 0.435. The van der Waals surface area contributed by atoms with Gasteiger partial charge in [-0.15, -0.1) is 0 Å². The van der Waals surface area contributed by atoms with E-state index >= 15 is 0 Å². The number of ether oxygens (including phenoxy) is 1. The molecule has 0 aliphatic rings. The monoisotopic (exact) mass is 452 g/mol. The first-order valence-electron chi connectivity index (χ1n) is 10.4. The zero-order valence-electron chi connectivity index (χ0n) is 18.2. The maximum absolute atomic E-state index is 14.5. The summed E-state index contributed by atoms with van der Waals surface area (Å²) in [5, 5.41) is 0. The molecule has 2 aromatic rings. The SMILES string of the molecule is CCOP(=O)(OCC)OCCCCOC(=O)C(C)c1ccc(-c2ccccc2)c(F)c1. The molecule has 0 spiro atoms. The molecule has 0 amide bonds. The van der Waals surface area contributed by atoms with E-state index in [1.807, 2.05) is 30.3 Å². The van der Waals surface area contributed by atoms with Crippen molar-refractivity contribution in [1.82, 2.24) is 0 Å². The minimum absolute atomic E-state index is 0.163. The molecular formula is C23H30FO6P. The lowest BCUT2D eigenvalue weighted by atomic mass is 9.97. The van der Waals surface area contributed by atoms with Crippen LogP contribution in [0, 0.1) is 5.82 Å². The Hall–Kier alpha value is -2.05. The largest absolute Gasteiger partial charge is 0.474 e. The standard InChI is InChI=1S/C23H30FO6P/c1-4-28-31(26,29-5-2)30-16-10-9-15-27-23(25)18(3)20-13-14-21(22(24)17-20)19-11-7-6-8-12-19/h6-8,11-14,17-18H,4-5,9-10,15-16H2,1-3H3. The second kappa shape index (κ2) is 12.7. The van der Waals surface area contributed by atoms with Crippen LogP contribution < -0.4 is 0 Å². The van der Waals surface area contributed by atoms with E-state index in [0.29, 0.717) is 24.0 Å². The first kappa shape index (κ1) is 25.2. The fourth-order valence-electron chi connectivity index (χ4n) is 2.89. The van der Waals surface area contributed by atoms with Crippen LogP contribution in [-0.2, 0) is 27.7 Å². The van der Waals surface area contributed by atoms with Crippen LogP contribution in [0.25, 0.3) is 11.1 Å². The molecule has 1 unspecified atom stereocenters. The van der Waals surface area contributed by atoms with Gasteiger partial charge in [-0.2, -0.15) is 0 Å². The molecule has 0 saturated carbocycles. The van der Waals surface area contributed by atoms with E-state index in [1.54, 1.807) is 32.9 Å². The molecule has 0 aliphatic heterocycles. The molecule has 0 saturated heterocycles. The molecule has 0 N–H and O–H groups in total. The third-order valence-corrected chi connectivity index (χ3v) is 6.19. The predicted octanol–water partition coefficient (Wildman–Crippen LogP) is 6.12. The Morgan fingerprint density at radius 2 is 1.61 bits per heavy atom. The third-order valence-electron chi connectivity index (χ3n) is 4.54. The second-order valence-electron chi connectivity index (χ2n) is 6.82. The molecule has 0 heterocycles. The van der Waals surface area contributed by atoms with Gasteiger partial charge in [0.15, 0.2) is 0 Å². The molecule has 2 aromatic carbocycles. The van der Waals surface area contributed by atoms with Crippen molar-refractivity contribution >= 4 is 13.8 Å². The average molecular weight is 452 g/mol. The van der Waals surface area contributed by atoms with Gasteiger partial charge in [0.1, 0.15) is 5.82 Å². The van der Waals surface area contributed by atoms with E-state index < -0.39 is 19.7 Å². The molecule has 6 nitrogen and oxygen atoms in total. The van der Waals surface area contributed by atoms with Gasteiger partial charge in [-0.25, -0.2) is 8.96 Å². The van der Waals surface area contributed by atoms with E-state index in [-0.39, 0.29) is 32.2 Å². The summed E-state index contributed by atoms with van der Waals surface area (Å²) in [6, 6.07) is 14.0. The highest BCUT2D eigenvalue weighted by molar-refractivity contribution is 7.48. The highest BCUT2D eigenvalue weighted by Gasteiger charge is 2.25. The van der Waals surface area contributed by atoms with E-state index in [2.05, 4.69) is 0 Å². The van der Waals surface area contributed by atoms with Gasteiger partial charge in [0.2, 0.25) is 0 Å². The van der Waals surface area contributed by atoms with Crippen LogP contribution in [0.2, 0.25) is 0 Å². The van der Waals surface area contributed by atoms with Crippen LogP contribution in [0.1, 0.15) is 45.1 Å². The Morgan fingerprint density at radius 3 is 2.23 bits per heavy atom. The Morgan fingerprint density at radius 1 is 0.968 bits per heavy atom. The number of carbonyl (C=O) groups excluding carboxylic acids is 1. The highest BCUT2D eigenvalue weighted by atomic mass is 31.2. The van der Waals surface area contributed by atoms with Gasteiger partial charge in [0.25, 0.3) is 0 Å². The average Bonchev–Trinajstić information content (AvgIpc) is 2.76. The van der Waals surface area contributed by atoms with Gasteiger partial charge in [0.05, 0.1) is 32.3 Å². The van der Waals surface area contributed by atoms with Crippen molar-refractivity contribution in [2.45, 2.75) is 39.5 Å². The Balaban J connectivity index is 1.78. The summed E-state index contributed by atoms with van der Waals surface area (Å²) >= 11 is 0. The van der Waals surface area contributed by atoms with Crippen LogP contribution in [-0.4, -0.2) is 32.4 Å². The Labute approximate surface area is 183 Å². The fourth-order valence-corrected chi connectivity index (χ4v) is 4.10. The maximum Gasteiger partial charge on any atom is 0.474 e. The summed E-state index contributed by atoms with van der Waals surface area (Å²) in [4.78, 5) is 12.3. The van der Waals surface area contributed by atoms with Crippen molar-refractivity contribution in [3.8, 4) is 11.1 Å². The summed E-state index contributed by atoms with van der Waals surface area (Å²) in [5.41, 5.74) is 1.82. The number of carbonyl (C=O) groups is 1. The summed E-state index contributed by atoms with van der Waals surface area (Å²) in [5.74, 6) is -1.40. The summed E-state index contributed by atoms with van der Waals surface area (Å²) < 4.78 is 47.3. The number of rotatable bonds is 13. The molecule has 1 atom stereocenters. The van der Waals surface area contributed by atoms with Crippen LogP contribution in [0.5, 0.6) is 0 Å². The van der Waals surface area contributed by atoms with Crippen molar-refractivity contribution in [3.05, 3.63) is 59.9 Å². The zero-order chi connectivity index (χ0) is 22.7. The quantitative estimate of drug-likeness (QED) is 0.207. The summed E-state index contributed by atoms with van der Waals surface area (Å²) in [6.45, 7) is 5.89. The van der Waals surface area contributed by atoms with Crippen molar-refractivity contribution in [1.29, 1.82) is 0 Å². The number of phosphoric ester groups is 1. The van der Waals surface area contributed by atoms with E-state index in [9.17, 15) is 13.8 Å². The van der Waals surface area contributed by atoms with Crippen LogP contribution in [0.15, 0.2) is 48.5 Å². The zero-order valence-corrected chi connectivity index (χ0v) is 19.1. The number of esters is 1. The molecule has 0 aliphatic carbocycles. The lowest BCUT2D eigenvalue weighted by molar-refractivity contribution is -0.145. The maximum atomic E-state index is 14.5. The molecule has 0 aromatic heterocycles. The molecular weight excluding hydrogens is 422 g/mol. The molecule has 0 radical (unpaired) electrons. The first-order valence-corrected chi connectivity index (χ1v) is 11.9. The number of hydrogen-bond donors (Lipinski definition) is 0. The van der Waals surface area contributed by atoms with Crippen LogP contribution >= 0.6 is 7.82 Å². The van der Waals surface area contributed by atoms with Gasteiger partial charge in [-0.05, 0) is 50.8 Å². The van der Waals surface area contributed by atoms with Gasteiger partial charge >= 0.3 is 13.8 Å². The lowest BCUT2D eigenvalue weighted by Crippen LogP contribution is -2.14. The van der Waals surface area contributed by atoms with Crippen LogP contribution in [0.4, 0.5) is 4.39 Å². The van der Waals surface area contributed by atoms with E-state index in [1.165, 1.54) is 6.07 Å². The number of hydrogen-bond acceptors (Lipinski definition) is 6. The Kier molecular flexibility index (Phi) is 10.3. The van der Waals surface area contributed by atoms with E-state index in [4.69, 9.17) is 18.3 Å². The molecule has 170 valence electrons. The predicted molar refractivity (Wildman–Crippen MR) is 117 cm³/mol. The first-order chi connectivity index (χ1) is 14.9. The van der Waals surface area contributed by atoms with Crippen molar-refractivity contribution < 1.29 is 32.1 Å². The highest BCUT2D eigenvalue weighted by Crippen LogP contribution is 2.49. The molecule has 31 heavy (non-hydrogen) atoms. The van der Waals surface area contributed by atoms with Crippen molar-refractivity contribution in [2.75, 3.05) is 26.4 Å². The van der Waals surface area contributed by atoms with Gasteiger partial charge in [-0.3, -0.25) is 18.4 Å². The molecule has 2 rings (SSSR count). The number of halogens is 1. The van der Waals surface area contributed by atoms with Crippen LogP contribution in [0.3, 0.4) is 0 Å². The normalized spacial score (nSPS) is 12.5. The summed E-state index contributed by atoms with van der Waals surface area (Å²) in [6.07, 6.45) is 1.05. The van der Waals surface area contributed by atoms with Gasteiger partial charge < -0.3 is 4.74 Å². The minimum atomic E-state index is -3.52. The van der Waals surface area contributed by atoms with Crippen molar-refractivity contribution in [2.24, 2.45) is 0 Å². The van der Waals surface area contributed by atoms with Gasteiger partial charge in [-0.1, -0.05) is 42.5 Å². The second-order valence-corrected chi connectivity index (χ2v) is 8.49. The number of benzene rings is 2. The topological polar surface area (TPSA) is 71.1 Å². The smallest absolute Gasteiger partial charge is 0.465 e. The number of unbranched alkanes of at least 4 members (excludes halogenated alkanes) is 1. The van der Waals surface area contributed by atoms with Crippen molar-refractivity contribution in [3.63, 3.8) is 0 Å². The van der Waals surface area contributed by atoms with Gasteiger partial charge in [0, 0.05) is 5.56 Å². The molecule has 8 heteroatoms. The molecule has 0 bridgehead atoms. The Bertz CT molecular complexity index is 864.